The highest BCUT2D eigenvalue weighted by atomic mass is 16.1. The molecular formula is C14H16N4O. The van der Waals surface area contributed by atoms with E-state index in [1.54, 1.807) is 18.3 Å². The summed E-state index contributed by atoms with van der Waals surface area (Å²) in [6.45, 7) is 2.36. The molecule has 0 bridgehead atoms. The number of nitrogens with one attached hydrogen (secondary N) is 2. The van der Waals surface area contributed by atoms with Crippen LogP contribution in [0.1, 0.15) is 21.6 Å². The van der Waals surface area contributed by atoms with Crippen molar-refractivity contribution in [1.82, 2.24) is 15.3 Å². The Bertz CT molecular complexity index is 569. The predicted molar refractivity (Wildman–Crippen MR) is 73.9 cm³/mol. The fraction of sp³-hybridized carbons (Fsp3) is 0.214. The zero-order valence-corrected chi connectivity index (χ0v) is 11.0. The summed E-state index contributed by atoms with van der Waals surface area (Å²) in [5.74, 6) is -0.107. The third-order valence-electron chi connectivity index (χ3n) is 2.83. The topological polar surface area (TPSA) is 66.9 Å². The molecule has 1 amide bonds. The third kappa shape index (κ3) is 3.28. The molecule has 5 heteroatoms. The normalized spacial score (nSPS) is 10.0. The molecule has 5 nitrogen and oxygen atoms in total. The second kappa shape index (κ2) is 5.95. The first kappa shape index (κ1) is 13.0. The molecular weight excluding hydrogens is 240 g/mol. The van der Waals surface area contributed by atoms with Crippen LogP contribution in [0.25, 0.3) is 0 Å². The molecule has 0 aliphatic rings. The maximum absolute atomic E-state index is 12.0. The minimum absolute atomic E-state index is 0.107. The lowest BCUT2D eigenvalue weighted by atomic mass is 10.1. The smallest absolute Gasteiger partial charge is 0.251 e. The minimum Gasteiger partial charge on any atom is -0.388 e. The van der Waals surface area contributed by atoms with Crippen LogP contribution < -0.4 is 10.6 Å². The maximum atomic E-state index is 12.0. The van der Waals surface area contributed by atoms with E-state index in [4.69, 9.17) is 0 Å². The van der Waals surface area contributed by atoms with E-state index in [1.165, 1.54) is 6.33 Å². The molecule has 1 aromatic heterocycles. The molecule has 0 atom stereocenters. The lowest BCUT2D eigenvalue weighted by Crippen LogP contribution is -2.23. The number of benzene rings is 1. The van der Waals surface area contributed by atoms with Crippen LogP contribution in [0.15, 0.2) is 36.8 Å². The van der Waals surface area contributed by atoms with E-state index in [-0.39, 0.29) is 5.91 Å². The largest absolute Gasteiger partial charge is 0.388 e. The van der Waals surface area contributed by atoms with Crippen molar-refractivity contribution in [1.29, 1.82) is 0 Å². The van der Waals surface area contributed by atoms with Crippen molar-refractivity contribution in [2.24, 2.45) is 0 Å². The van der Waals surface area contributed by atoms with Crippen molar-refractivity contribution in [2.75, 3.05) is 12.4 Å². The Kier molecular flexibility index (Phi) is 4.07. The van der Waals surface area contributed by atoms with Gasteiger partial charge in [0.1, 0.15) is 6.33 Å². The van der Waals surface area contributed by atoms with E-state index in [0.29, 0.717) is 12.1 Å². The highest BCUT2D eigenvalue weighted by Crippen LogP contribution is 2.15. The molecule has 0 unspecified atom stereocenters. The summed E-state index contributed by atoms with van der Waals surface area (Å²) in [4.78, 5) is 19.9. The van der Waals surface area contributed by atoms with Gasteiger partial charge in [0.2, 0.25) is 0 Å². The van der Waals surface area contributed by atoms with Gasteiger partial charge in [0.15, 0.2) is 0 Å². The van der Waals surface area contributed by atoms with Gasteiger partial charge >= 0.3 is 0 Å². The van der Waals surface area contributed by atoms with Crippen LogP contribution in [-0.2, 0) is 6.54 Å². The van der Waals surface area contributed by atoms with Gasteiger partial charge in [0.25, 0.3) is 5.91 Å². The SMILES string of the molecule is CNc1ccc(C(=O)NCc2ccncn2)cc1C. The number of hydrogen-bond donors (Lipinski definition) is 2. The van der Waals surface area contributed by atoms with Crippen LogP contribution >= 0.6 is 0 Å². The van der Waals surface area contributed by atoms with Crippen LogP contribution in [-0.4, -0.2) is 22.9 Å². The van der Waals surface area contributed by atoms with Crippen LogP contribution in [0.4, 0.5) is 5.69 Å². The van der Waals surface area contributed by atoms with Crippen molar-refractivity contribution in [3.8, 4) is 0 Å². The molecule has 98 valence electrons. The first-order valence-electron chi connectivity index (χ1n) is 6.02. The Balaban J connectivity index is 2.02. The van der Waals surface area contributed by atoms with Gasteiger partial charge in [0, 0.05) is 24.5 Å². The van der Waals surface area contributed by atoms with E-state index in [1.807, 2.05) is 26.1 Å². The Morgan fingerprint density at radius 2 is 2.16 bits per heavy atom. The van der Waals surface area contributed by atoms with Crippen molar-refractivity contribution in [3.05, 3.63) is 53.6 Å². The number of hydrogen-bond acceptors (Lipinski definition) is 4. The number of amides is 1. The number of carbonyl (C=O) groups excluding carboxylic acids is 1. The molecule has 2 N–H and O–H groups in total. The molecule has 0 aliphatic heterocycles. The number of carbonyl (C=O) groups is 1. The lowest BCUT2D eigenvalue weighted by Gasteiger charge is -2.08. The molecule has 0 fully saturated rings. The zero-order chi connectivity index (χ0) is 13.7. The number of nitrogens with zero attached hydrogens (tertiary/aromatic N) is 2. The van der Waals surface area contributed by atoms with Crippen molar-refractivity contribution >= 4 is 11.6 Å². The molecule has 2 aromatic rings. The first-order chi connectivity index (χ1) is 9.20. The van der Waals surface area contributed by atoms with Crippen LogP contribution in [0.5, 0.6) is 0 Å². The van der Waals surface area contributed by atoms with E-state index >= 15 is 0 Å². The molecule has 0 saturated heterocycles. The molecule has 1 heterocycles. The number of anilines is 1. The van der Waals surface area contributed by atoms with Crippen LogP contribution in [0.3, 0.4) is 0 Å². The monoisotopic (exact) mass is 256 g/mol. The summed E-state index contributed by atoms with van der Waals surface area (Å²) >= 11 is 0. The van der Waals surface area contributed by atoms with Gasteiger partial charge < -0.3 is 10.6 Å². The van der Waals surface area contributed by atoms with Gasteiger partial charge in [0.05, 0.1) is 12.2 Å². The highest BCUT2D eigenvalue weighted by Gasteiger charge is 2.07. The Morgan fingerprint density at radius 1 is 1.32 bits per heavy atom. The molecule has 2 rings (SSSR count). The lowest BCUT2D eigenvalue weighted by molar-refractivity contribution is 0.0950. The number of rotatable bonds is 4. The highest BCUT2D eigenvalue weighted by molar-refractivity contribution is 5.94. The Hall–Kier alpha value is -2.43. The van der Waals surface area contributed by atoms with Crippen LogP contribution in [0.2, 0.25) is 0 Å². The summed E-state index contributed by atoms with van der Waals surface area (Å²) in [6.07, 6.45) is 3.12. The summed E-state index contributed by atoms with van der Waals surface area (Å²) in [5, 5.41) is 5.90. The van der Waals surface area contributed by atoms with Gasteiger partial charge in [-0.1, -0.05) is 0 Å². The minimum atomic E-state index is -0.107. The summed E-state index contributed by atoms with van der Waals surface area (Å²) in [7, 11) is 1.86. The zero-order valence-electron chi connectivity index (χ0n) is 11.0. The fourth-order valence-corrected chi connectivity index (χ4v) is 1.78. The summed E-state index contributed by atoms with van der Waals surface area (Å²) < 4.78 is 0. The maximum Gasteiger partial charge on any atom is 0.251 e. The van der Waals surface area contributed by atoms with Gasteiger partial charge in [-0.25, -0.2) is 9.97 Å². The fourth-order valence-electron chi connectivity index (χ4n) is 1.78. The molecule has 0 radical (unpaired) electrons. The average molecular weight is 256 g/mol. The second-order valence-corrected chi connectivity index (χ2v) is 4.16. The molecule has 0 spiro atoms. The van der Waals surface area contributed by atoms with Gasteiger partial charge in [-0.2, -0.15) is 0 Å². The second-order valence-electron chi connectivity index (χ2n) is 4.16. The predicted octanol–water partition coefficient (Wildman–Crippen LogP) is 1.76. The first-order valence-corrected chi connectivity index (χ1v) is 6.02. The van der Waals surface area contributed by atoms with Gasteiger partial charge in [-0.15, -0.1) is 0 Å². The van der Waals surface area contributed by atoms with Crippen molar-refractivity contribution in [3.63, 3.8) is 0 Å². The van der Waals surface area contributed by atoms with Crippen molar-refractivity contribution in [2.45, 2.75) is 13.5 Å². The Morgan fingerprint density at radius 3 is 2.79 bits per heavy atom. The standard InChI is InChI=1S/C14H16N4O/c1-10-7-11(3-4-13(10)15-2)14(19)17-8-12-5-6-16-9-18-12/h3-7,9,15H,8H2,1-2H3,(H,17,19). The number of aryl methyl sites for hydroxylation is 1. The van der Waals surface area contributed by atoms with E-state index in [9.17, 15) is 4.79 Å². The summed E-state index contributed by atoms with van der Waals surface area (Å²) in [5.41, 5.74) is 3.49. The molecule has 1 aromatic carbocycles. The van der Waals surface area contributed by atoms with E-state index in [2.05, 4.69) is 20.6 Å². The van der Waals surface area contributed by atoms with Crippen molar-refractivity contribution < 1.29 is 4.79 Å². The van der Waals surface area contributed by atoms with Crippen LogP contribution in [0, 0.1) is 6.92 Å². The van der Waals surface area contributed by atoms with Gasteiger partial charge in [-0.3, -0.25) is 4.79 Å². The van der Waals surface area contributed by atoms with E-state index < -0.39 is 0 Å². The quantitative estimate of drug-likeness (QED) is 0.874. The van der Waals surface area contributed by atoms with E-state index in [0.717, 1.165) is 16.9 Å². The Labute approximate surface area is 112 Å². The molecule has 0 aliphatic carbocycles. The molecule has 19 heavy (non-hydrogen) atoms. The van der Waals surface area contributed by atoms with Gasteiger partial charge in [-0.05, 0) is 36.8 Å². The summed E-state index contributed by atoms with van der Waals surface area (Å²) in [6, 6.07) is 7.33. The number of aromatic nitrogens is 2. The third-order valence-corrected chi connectivity index (χ3v) is 2.83. The average Bonchev–Trinajstić information content (AvgIpc) is 2.45. The molecule has 0 saturated carbocycles.